The van der Waals surface area contributed by atoms with Gasteiger partial charge in [0.15, 0.2) is 5.13 Å². The number of carbonyl (C=O) groups is 1. The molecule has 2 heterocycles. The summed E-state index contributed by atoms with van der Waals surface area (Å²) in [4.78, 5) is 15.4. The van der Waals surface area contributed by atoms with E-state index in [2.05, 4.69) is 10.3 Å². The van der Waals surface area contributed by atoms with Gasteiger partial charge < -0.3 is 15.2 Å². The number of rotatable bonds is 3. The predicted octanol–water partition coefficient (Wildman–Crippen LogP) is 1.74. The second kappa shape index (κ2) is 4.39. The molecule has 0 saturated carbocycles. The number of carboxylic acid groups (broad SMARTS) is 1. The summed E-state index contributed by atoms with van der Waals surface area (Å²) in [6, 6.07) is 0.229. The standard InChI is InChI=1S/C10H14N2O3S/c1-5-8(9(13)14)16-10(11-5)12-7-3-4-15-6(7)2/h6-7H,3-4H2,1-2H3,(H,11,12)(H,13,14). The smallest absolute Gasteiger partial charge is 0.347 e. The molecule has 0 amide bonds. The van der Waals surface area contributed by atoms with Gasteiger partial charge in [-0.2, -0.15) is 0 Å². The second-order valence-corrected chi connectivity index (χ2v) is 4.85. The number of thiazole rings is 1. The summed E-state index contributed by atoms with van der Waals surface area (Å²) in [5, 5.41) is 12.8. The first-order valence-electron chi connectivity index (χ1n) is 5.17. The first-order chi connectivity index (χ1) is 7.58. The molecule has 2 atom stereocenters. The van der Waals surface area contributed by atoms with Crippen LogP contribution in [0.4, 0.5) is 5.13 Å². The Labute approximate surface area is 97.5 Å². The van der Waals surface area contributed by atoms with Gasteiger partial charge >= 0.3 is 5.97 Å². The normalized spacial score (nSPS) is 24.6. The zero-order chi connectivity index (χ0) is 11.7. The zero-order valence-corrected chi connectivity index (χ0v) is 10.0. The van der Waals surface area contributed by atoms with Gasteiger partial charge in [0.05, 0.1) is 17.8 Å². The highest BCUT2D eigenvalue weighted by Gasteiger charge is 2.25. The Morgan fingerprint density at radius 3 is 2.94 bits per heavy atom. The van der Waals surface area contributed by atoms with E-state index >= 15 is 0 Å². The molecule has 1 aromatic heterocycles. The van der Waals surface area contributed by atoms with E-state index in [1.165, 1.54) is 11.3 Å². The third-order valence-corrected chi connectivity index (χ3v) is 3.75. The van der Waals surface area contributed by atoms with Crippen LogP contribution in [0.2, 0.25) is 0 Å². The van der Waals surface area contributed by atoms with E-state index in [1.807, 2.05) is 6.92 Å². The Bertz CT molecular complexity index is 405. The average molecular weight is 242 g/mol. The Morgan fingerprint density at radius 2 is 2.44 bits per heavy atom. The average Bonchev–Trinajstić information content (AvgIpc) is 2.75. The highest BCUT2D eigenvalue weighted by Crippen LogP contribution is 2.25. The third kappa shape index (κ3) is 2.17. The van der Waals surface area contributed by atoms with Crippen LogP contribution in [-0.4, -0.2) is 34.8 Å². The van der Waals surface area contributed by atoms with Crippen molar-refractivity contribution in [2.45, 2.75) is 32.4 Å². The summed E-state index contributed by atoms with van der Waals surface area (Å²) in [5.74, 6) is -0.918. The quantitative estimate of drug-likeness (QED) is 0.844. The topological polar surface area (TPSA) is 71.5 Å². The SMILES string of the molecule is Cc1nc(NC2CCOC2C)sc1C(=O)O. The number of nitrogens with one attached hydrogen (secondary N) is 1. The molecule has 1 aliphatic heterocycles. The van der Waals surface area contributed by atoms with Crippen LogP contribution in [0.25, 0.3) is 0 Å². The molecule has 1 saturated heterocycles. The van der Waals surface area contributed by atoms with E-state index in [4.69, 9.17) is 9.84 Å². The van der Waals surface area contributed by atoms with Gasteiger partial charge in [-0.3, -0.25) is 0 Å². The number of carboxylic acids is 1. The molecule has 2 N–H and O–H groups in total. The van der Waals surface area contributed by atoms with Crippen molar-refractivity contribution in [1.29, 1.82) is 0 Å². The van der Waals surface area contributed by atoms with Crippen molar-refractivity contribution in [2.75, 3.05) is 11.9 Å². The lowest BCUT2D eigenvalue weighted by molar-refractivity contribution is 0.0701. The van der Waals surface area contributed by atoms with Gasteiger partial charge in [-0.25, -0.2) is 9.78 Å². The molecule has 88 valence electrons. The minimum atomic E-state index is -0.918. The number of nitrogens with zero attached hydrogens (tertiary/aromatic N) is 1. The summed E-state index contributed by atoms with van der Waals surface area (Å²) in [5.41, 5.74) is 0.562. The summed E-state index contributed by atoms with van der Waals surface area (Å²) in [6.45, 7) is 4.46. The lowest BCUT2D eigenvalue weighted by Crippen LogP contribution is -2.26. The van der Waals surface area contributed by atoms with Crippen LogP contribution in [0.1, 0.15) is 28.7 Å². The van der Waals surface area contributed by atoms with Crippen molar-refractivity contribution in [1.82, 2.24) is 4.98 Å². The van der Waals surface area contributed by atoms with Gasteiger partial charge in [-0.05, 0) is 20.3 Å². The number of aromatic nitrogens is 1. The van der Waals surface area contributed by atoms with Crippen LogP contribution in [0.15, 0.2) is 0 Å². The van der Waals surface area contributed by atoms with Crippen LogP contribution < -0.4 is 5.32 Å². The fourth-order valence-electron chi connectivity index (χ4n) is 1.74. The highest BCUT2D eigenvalue weighted by molar-refractivity contribution is 7.17. The number of anilines is 1. The maximum absolute atomic E-state index is 10.9. The lowest BCUT2D eigenvalue weighted by Gasteiger charge is -2.14. The molecule has 5 nitrogen and oxygen atoms in total. The van der Waals surface area contributed by atoms with E-state index in [-0.39, 0.29) is 12.1 Å². The van der Waals surface area contributed by atoms with E-state index < -0.39 is 5.97 Å². The van der Waals surface area contributed by atoms with Gasteiger partial charge in [0.25, 0.3) is 0 Å². The van der Waals surface area contributed by atoms with Crippen molar-refractivity contribution in [3.63, 3.8) is 0 Å². The molecule has 0 spiro atoms. The lowest BCUT2D eigenvalue weighted by atomic mass is 10.2. The molecule has 16 heavy (non-hydrogen) atoms. The van der Waals surface area contributed by atoms with Crippen molar-refractivity contribution in [3.8, 4) is 0 Å². The molecule has 0 bridgehead atoms. The van der Waals surface area contributed by atoms with Gasteiger partial charge in [0.2, 0.25) is 0 Å². The van der Waals surface area contributed by atoms with E-state index in [0.717, 1.165) is 13.0 Å². The molecule has 6 heteroatoms. The maximum atomic E-state index is 10.9. The summed E-state index contributed by atoms with van der Waals surface area (Å²) in [6.07, 6.45) is 1.08. The van der Waals surface area contributed by atoms with E-state index in [1.54, 1.807) is 6.92 Å². The monoisotopic (exact) mass is 242 g/mol. The first-order valence-corrected chi connectivity index (χ1v) is 5.98. The number of aromatic carboxylic acids is 1. The zero-order valence-electron chi connectivity index (χ0n) is 9.19. The van der Waals surface area contributed by atoms with Crippen LogP contribution in [0.3, 0.4) is 0 Å². The van der Waals surface area contributed by atoms with Gasteiger partial charge in [0, 0.05) is 6.61 Å². The number of ether oxygens (including phenoxy) is 1. The minimum Gasteiger partial charge on any atom is -0.477 e. The molecule has 1 aromatic rings. The molecule has 2 rings (SSSR count). The number of hydrogen-bond donors (Lipinski definition) is 2. The molecular weight excluding hydrogens is 228 g/mol. The van der Waals surface area contributed by atoms with Crippen molar-refractivity contribution in [2.24, 2.45) is 0 Å². The van der Waals surface area contributed by atoms with Crippen molar-refractivity contribution < 1.29 is 14.6 Å². The number of hydrogen-bond acceptors (Lipinski definition) is 5. The van der Waals surface area contributed by atoms with Crippen LogP contribution >= 0.6 is 11.3 Å². The molecule has 0 radical (unpaired) electrons. The fourth-order valence-corrected chi connectivity index (χ4v) is 2.60. The Morgan fingerprint density at radius 1 is 1.69 bits per heavy atom. The molecule has 2 unspecified atom stereocenters. The Hall–Kier alpha value is -1.14. The van der Waals surface area contributed by atoms with Gasteiger partial charge in [0.1, 0.15) is 4.88 Å². The van der Waals surface area contributed by atoms with Crippen LogP contribution in [0.5, 0.6) is 0 Å². The highest BCUT2D eigenvalue weighted by atomic mass is 32.1. The summed E-state index contributed by atoms with van der Waals surface area (Å²) in [7, 11) is 0. The Balaban J connectivity index is 2.10. The van der Waals surface area contributed by atoms with Crippen molar-refractivity contribution in [3.05, 3.63) is 10.6 Å². The van der Waals surface area contributed by atoms with E-state index in [0.29, 0.717) is 15.7 Å². The van der Waals surface area contributed by atoms with Crippen molar-refractivity contribution >= 4 is 22.4 Å². The Kier molecular flexibility index (Phi) is 3.11. The molecular formula is C10H14N2O3S. The molecule has 0 aliphatic carbocycles. The second-order valence-electron chi connectivity index (χ2n) is 3.85. The minimum absolute atomic E-state index is 0.150. The van der Waals surface area contributed by atoms with E-state index in [9.17, 15) is 4.79 Å². The molecule has 1 fully saturated rings. The molecule has 1 aliphatic rings. The van der Waals surface area contributed by atoms with Crippen LogP contribution in [0, 0.1) is 6.92 Å². The first kappa shape index (κ1) is 11.3. The summed E-state index contributed by atoms with van der Waals surface area (Å²) >= 11 is 1.18. The van der Waals surface area contributed by atoms with Crippen LogP contribution in [-0.2, 0) is 4.74 Å². The van der Waals surface area contributed by atoms with Gasteiger partial charge in [-0.1, -0.05) is 11.3 Å². The number of aryl methyl sites for hydroxylation is 1. The van der Waals surface area contributed by atoms with Gasteiger partial charge in [-0.15, -0.1) is 0 Å². The largest absolute Gasteiger partial charge is 0.477 e. The predicted molar refractivity (Wildman–Crippen MR) is 61.3 cm³/mol. The molecule has 0 aromatic carbocycles. The maximum Gasteiger partial charge on any atom is 0.347 e. The fraction of sp³-hybridized carbons (Fsp3) is 0.600. The third-order valence-electron chi connectivity index (χ3n) is 2.68. The summed E-state index contributed by atoms with van der Waals surface area (Å²) < 4.78 is 5.42.